The summed E-state index contributed by atoms with van der Waals surface area (Å²) in [5, 5.41) is 0.669. The summed E-state index contributed by atoms with van der Waals surface area (Å²) in [7, 11) is 0. The molecule has 2 aromatic rings. The summed E-state index contributed by atoms with van der Waals surface area (Å²) in [5.74, 6) is -1.10. The van der Waals surface area contributed by atoms with Crippen LogP contribution in [0.4, 0.5) is 4.39 Å². The number of amides is 1. The SMILES string of the molecule is NC(=O)C(N)Cc1cc2ccc(F)cc2[nH]c1=O. The number of rotatable bonds is 3. The topological polar surface area (TPSA) is 102 Å². The van der Waals surface area contributed by atoms with Crippen molar-refractivity contribution in [2.24, 2.45) is 11.5 Å². The molecule has 1 aromatic heterocycles. The number of nitrogens with one attached hydrogen (secondary N) is 1. The molecule has 0 aliphatic rings. The Morgan fingerprint density at radius 2 is 2.11 bits per heavy atom. The van der Waals surface area contributed by atoms with Crippen molar-refractivity contribution in [1.82, 2.24) is 4.98 Å². The molecule has 5 nitrogen and oxygen atoms in total. The first-order chi connectivity index (χ1) is 8.47. The Labute approximate surface area is 102 Å². The van der Waals surface area contributed by atoms with E-state index < -0.39 is 23.3 Å². The van der Waals surface area contributed by atoms with Crippen LogP contribution in [0.3, 0.4) is 0 Å². The Morgan fingerprint density at radius 3 is 2.78 bits per heavy atom. The molecular weight excluding hydrogens is 237 g/mol. The number of fused-ring (bicyclic) bond motifs is 1. The first-order valence-corrected chi connectivity index (χ1v) is 5.34. The van der Waals surface area contributed by atoms with Crippen LogP contribution in [-0.2, 0) is 11.2 Å². The van der Waals surface area contributed by atoms with Crippen molar-refractivity contribution in [3.05, 3.63) is 46.0 Å². The minimum absolute atomic E-state index is 0.0536. The van der Waals surface area contributed by atoms with E-state index in [4.69, 9.17) is 11.5 Å². The van der Waals surface area contributed by atoms with Crippen molar-refractivity contribution in [2.75, 3.05) is 0 Å². The predicted molar refractivity (Wildman–Crippen MR) is 65.4 cm³/mol. The summed E-state index contributed by atoms with van der Waals surface area (Å²) in [6, 6.07) is 4.73. The third-order valence-corrected chi connectivity index (χ3v) is 2.69. The fourth-order valence-corrected chi connectivity index (χ4v) is 1.71. The zero-order chi connectivity index (χ0) is 13.3. The monoisotopic (exact) mass is 249 g/mol. The predicted octanol–water partition coefficient (Wildman–Crippen LogP) is 0.0223. The molecule has 0 aliphatic carbocycles. The summed E-state index contributed by atoms with van der Waals surface area (Å²) >= 11 is 0. The van der Waals surface area contributed by atoms with Gasteiger partial charge in [-0.3, -0.25) is 9.59 Å². The molecule has 0 fully saturated rings. The molecule has 1 unspecified atom stereocenters. The highest BCUT2D eigenvalue weighted by Crippen LogP contribution is 2.13. The fourth-order valence-electron chi connectivity index (χ4n) is 1.71. The van der Waals surface area contributed by atoms with Crippen molar-refractivity contribution < 1.29 is 9.18 Å². The molecule has 18 heavy (non-hydrogen) atoms. The van der Waals surface area contributed by atoms with Crippen LogP contribution < -0.4 is 17.0 Å². The summed E-state index contributed by atoms with van der Waals surface area (Å²) in [5.41, 5.74) is 10.9. The van der Waals surface area contributed by atoms with Crippen LogP contribution in [-0.4, -0.2) is 16.9 Å². The van der Waals surface area contributed by atoms with E-state index in [1.165, 1.54) is 12.1 Å². The molecule has 1 atom stereocenters. The van der Waals surface area contributed by atoms with E-state index in [1.807, 2.05) is 0 Å². The number of hydrogen-bond acceptors (Lipinski definition) is 3. The molecule has 1 aromatic carbocycles. The average molecular weight is 249 g/mol. The second-order valence-electron chi connectivity index (χ2n) is 4.07. The van der Waals surface area contributed by atoms with Gasteiger partial charge in [0.25, 0.3) is 5.56 Å². The van der Waals surface area contributed by atoms with Crippen molar-refractivity contribution in [1.29, 1.82) is 0 Å². The Morgan fingerprint density at radius 1 is 1.39 bits per heavy atom. The van der Waals surface area contributed by atoms with Gasteiger partial charge in [-0.05, 0) is 29.7 Å². The van der Waals surface area contributed by atoms with Gasteiger partial charge >= 0.3 is 0 Å². The number of pyridine rings is 1. The van der Waals surface area contributed by atoms with E-state index in [0.717, 1.165) is 0 Å². The zero-order valence-electron chi connectivity index (χ0n) is 9.44. The Kier molecular flexibility index (Phi) is 3.12. The summed E-state index contributed by atoms with van der Waals surface area (Å²) in [4.78, 5) is 25.1. The quantitative estimate of drug-likeness (QED) is 0.714. The van der Waals surface area contributed by atoms with E-state index >= 15 is 0 Å². The molecular formula is C12H12FN3O2. The van der Waals surface area contributed by atoms with Crippen LogP contribution in [0, 0.1) is 5.82 Å². The lowest BCUT2D eigenvalue weighted by molar-refractivity contribution is -0.119. The highest BCUT2D eigenvalue weighted by atomic mass is 19.1. The van der Waals surface area contributed by atoms with Gasteiger partial charge in [-0.15, -0.1) is 0 Å². The minimum Gasteiger partial charge on any atom is -0.368 e. The van der Waals surface area contributed by atoms with Crippen molar-refractivity contribution in [2.45, 2.75) is 12.5 Å². The van der Waals surface area contributed by atoms with Gasteiger partial charge in [0.15, 0.2) is 0 Å². The van der Waals surface area contributed by atoms with Crippen LogP contribution in [0.25, 0.3) is 10.9 Å². The zero-order valence-corrected chi connectivity index (χ0v) is 9.44. The van der Waals surface area contributed by atoms with Crippen molar-refractivity contribution in [3.8, 4) is 0 Å². The van der Waals surface area contributed by atoms with Crippen LogP contribution in [0.5, 0.6) is 0 Å². The number of hydrogen-bond donors (Lipinski definition) is 3. The van der Waals surface area contributed by atoms with Gasteiger partial charge in [0.1, 0.15) is 5.82 Å². The maximum absolute atomic E-state index is 13.0. The molecule has 0 saturated heterocycles. The van der Waals surface area contributed by atoms with Crippen LogP contribution in [0.2, 0.25) is 0 Å². The summed E-state index contributed by atoms with van der Waals surface area (Å²) in [6.07, 6.45) is 0.0536. The number of carbonyl (C=O) groups is 1. The fraction of sp³-hybridized carbons (Fsp3) is 0.167. The molecule has 1 heterocycles. The Bertz CT molecular complexity index is 666. The standard InChI is InChI=1S/C12H12FN3O2/c13-8-2-1-6-3-7(4-9(14)11(15)17)12(18)16-10(6)5-8/h1-3,5,9H,4,14H2,(H2,15,17)(H,16,18). The lowest BCUT2D eigenvalue weighted by atomic mass is 10.1. The average Bonchev–Trinajstić information content (AvgIpc) is 2.30. The molecule has 1 amide bonds. The molecule has 5 N–H and O–H groups in total. The number of benzene rings is 1. The number of carbonyl (C=O) groups excluding carboxylic acids is 1. The number of aromatic nitrogens is 1. The minimum atomic E-state index is -0.913. The van der Waals surface area contributed by atoms with E-state index in [1.54, 1.807) is 12.1 Å². The maximum Gasteiger partial charge on any atom is 0.251 e. The molecule has 0 radical (unpaired) electrons. The number of H-pyrrole nitrogens is 1. The number of primary amides is 1. The Balaban J connectivity index is 2.47. The Hall–Kier alpha value is -2.21. The molecule has 0 saturated carbocycles. The number of aromatic amines is 1. The third-order valence-electron chi connectivity index (χ3n) is 2.69. The number of halogens is 1. The first-order valence-electron chi connectivity index (χ1n) is 5.34. The second-order valence-corrected chi connectivity index (χ2v) is 4.07. The van der Waals surface area contributed by atoms with Crippen LogP contribution in [0.1, 0.15) is 5.56 Å². The van der Waals surface area contributed by atoms with Crippen LogP contribution >= 0.6 is 0 Å². The summed E-state index contributed by atoms with van der Waals surface area (Å²) < 4.78 is 13.0. The van der Waals surface area contributed by atoms with Crippen molar-refractivity contribution >= 4 is 16.8 Å². The lowest BCUT2D eigenvalue weighted by Crippen LogP contribution is -2.39. The van der Waals surface area contributed by atoms with Gasteiger partial charge in [0, 0.05) is 12.0 Å². The third kappa shape index (κ3) is 2.38. The smallest absolute Gasteiger partial charge is 0.251 e. The maximum atomic E-state index is 13.0. The molecule has 0 spiro atoms. The highest BCUT2D eigenvalue weighted by molar-refractivity contribution is 5.81. The molecule has 0 bridgehead atoms. The van der Waals surface area contributed by atoms with E-state index in [-0.39, 0.29) is 6.42 Å². The van der Waals surface area contributed by atoms with E-state index in [9.17, 15) is 14.0 Å². The summed E-state index contributed by atoms with van der Waals surface area (Å²) in [6.45, 7) is 0. The molecule has 94 valence electrons. The van der Waals surface area contributed by atoms with Gasteiger partial charge in [-0.1, -0.05) is 0 Å². The van der Waals surface area contributed by atoms with E-state index in [0.29, 0.717) is 16.5 Å². The first kappa shape index (κ1) is 12.3. The molecule has 0 aliphatic heterocycles. The van der Waals surface area contributed by atoms with Gasteiger partial charge in [-0.25, -0.2) is 4.39 Å². The lowest BCUT2D eigenvalue weighted by Gasteiger charge is -2.07. The second kappa shape index (κ2) is 4.58. The number of nitrogens with two attached hydrogens (primary N) is 2. The van der Waals surface area contributed by atoms with Gasteiger partial charge < -0.3 is 16.5 Å². The largest absolute Gasteiger partial charge is 0.368 e. The highest BCUT2D eigenvalue weighted by Gasteiger charge is 2.13. The molecule has 6 heteroatoms. The van der Waals surface area contributed by atoms with Crippen molar-refractivity contribution in [3.63, 3.8) is 0 Å². The van der Waals surface area contributed by atoms with E-state index in [2.05, 4.69) is 4.98 Å². The van der Waals surface area contributed by atoms with Gasteiger partial charge in [0.2, 0.25) is 5.91 Å². The molecule has 2 rings (SSSR count). The normalized spacial score (nSPS) is 12.6. The van der Waals surface area contributed by atoms with Gasteiger partial charge in [-0.2, -0.15) is 0 Å². The van der Waals surface area contributed by atoms with Gasteiger partial charge in [0.05, 0.1) is 11.6 Å². The van der Waals surface area contributed by atoms with Crippen LogP contribution in [0.15, 0.2) is 29.1 Å².